The number of alkyl halides is 3. The van der Waals surface area contributed by atoms with Gasteiger partial charge in [0, 0.05) is 23.0 Å². The number of amides is 2. The van der Waals surface area contributed by atoms with Crippen molar-refractivity contribution in [2.24, 2.45) is 0 Å². The van der Waals surface area contributed by atoms with Gasteiger partial charge in [0.1, 0.15) is 11.5 Å². The summed E-state index contributed by atoms with van der Waals surface area (Å²) < 4.78 is 49.1. The minimum absolute atomic E-state index is 0.00528. The summed E-state index contributed by atoms with van der Waals surface area (Å²) in [6.07, 6.45) is -4.52. The maximum atomic E-state index is 12.9. The van der Waals surface area contributed by atoms with E-state index in [2.05, 4.69) is 16.0 Å². The Labute approximate surface area is 193 Å². The molecule has 178 valence electrons. The van der Waals surface area contributed by atoms with Crippen molar-refractivity contribution in [3.05, 3.63) is 77.9 Å². The second kappa shape index (κ2) is 10.6. The van der Waals surface area contributed by atoms with Gasteiger partial charge in [-0.3, -0.25) is 9.59 Å². The van der Waals surface area contributed by atoms with Crippen molar-refractivity contribution >= 4 is 28.9 Å². The molecule has 10 heteroatoms. The Balaban J connectivity index is 1.63. The SMILES string of the molecule is COc1ccc(OC)c(NCC(=O)Nc2cccc(C(=O)Nc3cccc(C(F)(F)F)c3)c2)c1. The van der Waals surface area contributed by atoms with Gasteiger partial charge in [-0.25, -0.2) is 0 Å². The maximum absolute atomic E-state index is 12.9. The number of methoxy groups -OCH3 is 2. The molecule has 0 radical (unpaired) electrons. The van der Waals surface area contributed by atoms with Gasteiger partial charge < -0.3 is 25.4 Å². The van der Waals surface area contributed by atoms with Crippen molar-refractivity contribution in [2.45, 2.75) is 6.18 Å². The molecular formula is C24H22F3N3O4. The number of ether oxygens (including phenoxy) is 2. The molecule has 2 amide bonds. The molecule has 3 aromatic carbocycles. The standard InChI is InChI=1S/C24H22F3N3O4/c1-33-19-9-10-21(34-2)20(13-19)28-14-22(31)29-17-7-3-5-15(11-17)23(32)30-18-8-4-6-16(12-18)24(25,26)27/h3-13,28H,14H2,1-2H3,(H,29,31)(H,30,32). The number of rotatable bonds is 8. The molecular weight excluding hydrogens is 451 g/mol. The lowest BCUT2D eigenvalue weighted by molar-refractivity contribution is -0.137. The fraction of sp³-hybridized carbons (Fsp3) is 0.167. The van der Waals surface area contributed by atoms with E-state index in [9.17, 15) is 22.8 Å². The lowest BCUT2D eigenvalue weighted by Gasteiger charge is -2.13. The molecule has 34 heavy (non-hydrogen) atoms. The molecule has 3 aromatic rings. The highest BCUT2D eigenvalue weighted by molar-refractivity contribution is 6.05. The van der Waals surface area contributed by atoms with E-state index >= 15 is 0 Å². The third kappa shape index (κ3) is 6.41. The van der Waals surface area contributed by atoms with E-state index in [0.717, 1.165) is 12.1 Å². The Morgan fingerprint density at radius 2 is 1.56 bits per heavy atom. The van der Waals surface area contributed by atoms with Gasteiger partial charge in [0.2, 0.25) is 5.91 Å². The number of nitrogens with one attached hydrogen (secondary N) is 3. The molecule has 0 bridgehead atoms. The minimum atomic E-state index is -4.52. The molecule has 0 aliphatic rings. The predicted molar refractivity (Wildman–Crippen MR) is 123 cm³/mol. The molecule has 3 rings (SSSR count). The third-order valence-corrected chi connectivity index (χ3v) is 4.70. The van der Waals surface area contributed by atoms with Crippen molar-refractivity contribution < 1.29 is 32.2 Å². The highest BCUT2D eigenvalue weighted by atomic mass is 19.4. The summed E-state index contributed by atoms with van der Waals surface area (Å²) in [7, 11) is 3.03. The molecule has 0 fully saturated rings. The third-order valence-electron chi connectivity index (χ3n) is 4.70. The van der Waals surface area contributed by atoms with E-state index in [-0.39, 0.29) is 23.7 Å². The number of benzene rings is 3. The van der Waals surface area contributed by atoms with Gasteiger partial charge in [0.25, 0.3) is 5.91 Å². The van der Waals surface area contributed by atoms with Crippen LogP contribution >= 0.6 is 0 Å². The summed E-state index contributed by atoms with van der Waals surface area (Å²) in [6.45, 7) is -0.0931. The second-order valence-corrected chi connectivity index (χ2v) is 7.08. The Hall–Kier alpha value is -4.21. The summed E-state index contributed by atoms with van der Waals surface area (Å²) in [5.74, 6) is 0.111. The molecule has 0 heterocycles. The lowest BCUT2D eigenvalue weighted by atomic mass is 10.1. The molecule has 0 spiro atoms. The minimum Gasteiger partial charge on any atom is -0.497 e. The average molecular weight is 473 g/mol. The van der Waals surface area contributed by atoms with E-state index in [1.165, 1.54) is 38.5 Å². The van der Waals surface area contributed by atoms with Gasteiger partial charge in [-0.15, -0.1) is 0 Å². The normalized spacial score (nSPS) is 10.9. The Kier molecular flexibility index (Phi) is 7.62. The molecule has 0 aliphatic heterocycles. The summed E-state index contributed by atoms with van der Waals surface area (Å²) in [5, 5.41) is 8.05. The fourth-order valence-corrected chi connectivity index (χ4v) is 3.05. The highest BCUT2D eigenvalue weighted by Gasteiger charge is 2.30. The van der Waals surface area contributed by atoms with Gasteiger partial charge in [0.05, 0.1) is 32.0 Å². The first-order valence-electron chi connectivity index (χ1n) is 10.0. The number of anilines is 3. The molecule has 0 aromatic heterocycles. The largest absolute Gasteiger partial charge is 0.497 e. The van der Waals surface area contributed by atoms with E-state index in [1.54, 1.807) is 30.3 Å². The summed E-state index contributed by atoms with van der Waals surface area (Å²) >= 11 is 0. The zero-order chi connectivity index (χ0) is 24.7. The molecule has 0 atom stereocenters. The monoisotopic (exact) mass is 473 g/mol. The van der Waals surface area contributed by atoms with Gasteiger partial charge in [-0.1, -0.05) is 12.1 Å². The van der Waals surface area contributed by atoms with Crippen LogP contribution in [0.3, 0.4) is 0 Å². The van der Waals surface area contributed by atoms with Crippen molar-refractivity contribution in [2.75, 3.05) is 36.7 Å². The first-order valence-corrected chi connectivity index (χ1v) is 10.0. The Morgan fingerprint density at radius 3 is 2.24 bits per heavy atom. The molecule has 0 unspecified atom stereocenters. The highest BCUT2D eigenvalue weighted by Crippen LogP contribution is 2.31. The van der Waals surface area contributed by atoms with Crippen LogP contribution < -0.4 is 25.4 Å². The first kappa shape index (κ1) is 24.4. The van der Waals surface area contributed by atoms with Crippen LogP contribution in [0.25, 0.3) is 0 Å². The molecule has 3 N–H and O–H groups in total. The van der Waals surface area contributed by atoms with Crippen LogP contribution in [0.15, 0.2) is 66.7 Å². The number of hydrogen-bond donors (Lipinski definition) is 3. The van der Waals surface area contributed by atoms with Crippen molar-refractivity contribution in [1.29, 1.82) is 0 Å². The van der Waals surface area contributed by atoms with Crippen molar-refractivity contribution in [3.63, 3.8) is 0 Å². The quantitative estimate of drug-likeness (QED) is 0.427. The Bertz CT molecular complexity index is 1180. The Morgan fingerprint density at radius 1 is 0.853 bits per heavy atom. The second-order valence-electron chi connectivity index (χ2n) is 7.08. The molecule has 0 aliphatic carbocycles. The molecule has 0 saturated heterocycles. The lowest BCUT2D eigenvalue weighted by Crippen LogP contribution is -2.22. The van der Waals surface area contributed by atoms with Crippen LogP contribution in [0, 0.1) is 0 Å². The van der Waals surface area contributed by atoms with Crippen molar-refractivity contribution in [1.82, 2.24) is 0 Å². The van der Waals surface area contributed by atoms with Gasteiger partial charge in [0.15, 0.2) is 0 Å². The smallest absolute Gasteiger partial charge is 0.416 e. The first-order chi connectivity index (χ1) is 16.2. The van der Waals surface area contributed by atoms with Crippen LogP contribution in [0.1, 0.15) is 15.9 Å². The molecule has 7 nitrogen and oxygen atoms in total. The van der Waals surface area contributed by atoms with E-state index < -0.39 is 17.6 Å². The van der Waals surface area contributed by atoms with E-state index in [4.69, 9.17) is 9.47 Å². The van der Waals surface area contributed by atoms with Gasteiger partial charge >= 0.3 is 6.18 Å². The van der Waals surface area contributed by atoms with Crippen LogP contribution in [0.2, 0.25) is 0 Å². The van der Waals surface area contributed by atoms with Gasteiger partial charge in [-0.05, 0) is 48.5 Å². The van der Waals surface area contributed by atoms with E-state index in [1.807, 2.05) is 0 Å². The maximum Gasteiger partial charge on any atom is 0.416 e. The molecule has 0 saturated carbocycles. The fourth-order valence-electron chi connectivity index (χ4n) is 3.05. The van der Waals surface area contributed by atoms with E-state index in [0.29, 0.717) is 22.9 Å². The predicted octanol–water partition coefficient (Wildman–Crippen LogP) is 5.03. The average Bonchev–Trinajstić information content (AvgIpc) is 2.82. The zero-order valence-corrected chi connectivity index (χ0v) is 18.3. The number of carbonyl (C=O) groups is 2. The van der Waals surface area contributed by atoms with Crippen LogP contribution in [-0.2, 0) is 11.0 Å². The van der Waals surface area contributed by atoms with Crippen molar-refractivity contribution in [3.8, 4) is 11.5 Å². The van der Waals surface area contributed by atoms with Crippen LogP contribution in [-0.4, -0.2) is 32.6 Å². The van der Waals surface area contributed by atoms with Crippen LogP contribution in [0.4, 0.5) is 30.2 Å². The summed E-state index contributed by atoms with van der Waals surface area (Å²) in [5.41, 5.74) is 0.210. The van der Waals surface area contributed by atoms with Gasteiger partial charge in [-0.2, -0.15) is 13.2 Å². The number of hydrogen-bond acceptors (Lipinski definition) is 5. The summed E-state index contributed by atoms with van der Waals surface area (Å²) in [4.78, 5) is 24.9. The number of carbonyl (C=O) groups excluding carboxylic acids is 2. The zero-order valence-electron chi connectivity index (χ0n) is 18.3. The number of halogens is 3. The van der Waals surface area contributed by atoms with Crippen LogP contribution in [0.5, 0.6) is 11.5 Å². The topological polar surface area (TPSA) is 88.7 Å². The summed E-state index contributed by atoms with van der Waals surface area (Å²) in [6, 6.07) is 15.5.